The molecule has 1 fully saturated rings. The lowest BCUT2D eigenvalue weighted by Gasteiger charge is -2.38. The van der Waals surface area contributed by atoms with E-state index in [1.54, 1.807) is 0 Å². The number of carbonyl (C=O) groups excluding carboxylic acids is 1. The van der Waals surface area contributed by atoms with Crippen molar-refractivity contribution >= 4 is 17.8 Å². The molecule has 2 atom stereocenters. The molecule has 0 bridgehead atoms. The third-order valence-corrected chi connectivity index (χ3v) is 6.93. The summed E-state index contributed by atoms with van der Waals surface area (Å²) in [4.78, 5) is 20.0. The van der Waals surface area contributed by atoms with Gasteiger partial charge in [0.25, 0.3) is 5.91 Å². The number of amides is 1. The molecule has 2 aromatic carbocycles. The molecule has 1 aliphatic carbocycles. The Bertz CT molecular complexity index is 1190. The minimum atomic E-state index is 0.148. The molecule has 3 aliphatic rings. The molecule has 0 unspecified atom stereocenters. The summed E-state index contributed by atoms with van der Waals surface area (Å²) >= 11 is 0. The maximum atomic E-state index is 13.4. The zero-order valence-electron chi connectivity index (χ0n) is 17.1. The molecule has 2 aliphatic heterocycles. The van der Waals surface area contributed by atoms with Crippen molar-refractivity contribution in [2.75, 3.05) is 6.54 Å². The maximum absolute atomic E-state index is 13.4. The van der Waals surface area contributed by atoms with E-state index in [1.807, 2.05) is 36.3 Å². The summed E-state index contributed by atoms with van der Waals surface area (Å²) in [5.74, 6) is 0.566. The van der Waals surface area contributed by atoms with Crippen molar-refractivity contribution in [3.05, 3.63) is 71.0 Å². The first-order chi connectivity index (χ1) is 14.7. The third-order valence-electron chi connectivity index (χ3n) is 6.93. The second kappa shape index (κ2) is 6.66. The number of nitrogens with zero attached hydrogens (tertiary/aromatic N) is 4. The van der Waals surface area contributed by atoms with Gasteiger partial charge in [-0.05, 0) is 53.6 Å². The lowest BCUT2D eigenvalue weighted by atomic mass is 9.87. The van der Waals surface area contributed by atoms with Crippen molar-refractivity contribution in [3.63, 3.8) is 0 Å². The van der Waals surface area contributed by atoms with Crippen molar-refractivity contribution < 1.29 is 4.79 Å². The normalized spacial score (nSPS) is 21.4. The van der Waals surface area contributed by atoms with Crippen LogP contribution in [0.1, 0.15) is 45.8 Å². The molecule has 0 N–H and O–H groups in total. The number of carbonyl (C=O) groups is 1. The summed E-state index contributed by atoms with van der Waals surface area (Å²) < 4.78 is 1.84. The van der Waals surface area contributed by atoms with Crippen LogP contribution in [0.3, 0.4) is 0 Å². The van der Waals surface area contributed by atoms with Crippen molar-refractivity contribution in [3.8, 4) is 11.1 Å². The molecule has 3 aromatic rings. The molecule has 1 amide bonds. The Balaban J connectivity index is 1.31. The Labute approximate surface area is 176 Å². The predicted molar refractivity (Wildman–Crippen MR) is 117 cm³/mol. The lowest BCUT2D eigenvalue weighted by molar-refractivity contribution is 0.0595. The number of likely N-dealkylation sites (tertiary alicyclic amines) is 1. The lowest BCUT2D eigenvalue weighted by Crippen LogP contribution is -2.46. The van der Waals surface area contributed by atoms with E-state index < -0.39 is 0 Å². The Morgan fingerprint density at radius 1 is 1.10 bits per heavy atom. The molecule has 0 radical (unpaired) electrons. The molecule has 1 saturated heterocycles. The van der Waals surface area contributed by atoms with Gasteiger partial charge in [0.15, 0.2) is 0 Å². The Morgan fingerprint density at radius 2 is 2.00 bits per heavy atom. The summed E-state index contributed by atoms with van der Waals surface area (Å²) in [5.41, 5.74) is 8.08. The summed E-state index contributed by atoms with van der Waals surface area (Å²) in [7, 11) is 1.95. The highest BCUT2D eigenvalue weighted by molar-refractivity contribution is 5.96. The smallest absolute Gasteiger partial charge is 0.254 e. The highest BCUT2D eigenvalue weighted by atomic mass is 16.2. The average Bonchev–Trinajstić information content (AvgIpc) is 3.49. The fourth-order valence-electron chi connectivity index (χ4n) is 5.42. The van der Waals surface area contributed by atoms with E-state index in [0.717, 1.165) is 49.0 Å². The SMILES string of the molecule is Cn1cc(-c2ccc3c(c2)[C@H]2CCCN(C(=O)c4ccc5c(c4)N=CC5)[C@H]2C3)cn1. The van der Waals surface area contributed by atoms with Gasteiger partial charge in [-0.3, -0.25) is 14.5 Å². The molecular weight excluding hydrogens is 372 g/mol. The van der Waals surface area contributed by atoms with Crippen LogP contribution in [-0.2, 0) is 19.9 Å². The quantitative estimate of drug-likeness (QED) is 0.649. The molecule has 1 aromatic heterocycles. The second-order valence-corrected chi connectivity index (χ2v) is 8.69. The van der Waals surface area contributed by atoms with E-state index in [0.29, 0.717) is 5.92 Å². The molecule has 5 nitrogen and oxygen atoms in total. The first-order valence-corrected chi connectivity index (χ1v) is 10.8. The van der Waals surface area contributed by atoms with E-state index in [4.69, 9.17) is 0 Å². The molecular formula is C25H24N4O. The van der Waals surface area contributed by atoms with Gasteiger partial charge in [0.1, 0.15) is 0 Å². The molecule has 5 heteroatoms. The molecule has 0 saturated carbocycles. The minimum absolute atomic E-state index is 0.148. The minimum Gasteiger partial charge on any atom is -0.335 e. The van der Waals surface area contributed by atoms with Crippen molar-refractivity contribution in [2.45, 2.75) is 37.6 Å². The number of fused-ring (bicyclic) bond motifs is 4. The van der Waals surface area contributed by atoms with Gasteiger partial charge < -0.3 is 4.90 Å². The maximum Gasteiger partial charge on any atom is 0.254 e. The monoisotopic (exact) mass is 396 g/mol. The summed E-state index contributed by atoms with van der Waals surface area (Å²) in [6, 6.07) is 13.0. The van der Waals surface area contributed by atoms with Crippen LogP contribution in [0.5, 0.6) is 0 Å². The van der Waals surface area contributed by atoms with Crippen LogP contribution >= 0.6 is 0 Å². The first-order valence-electron chi connectivity index (χ1n) is 10.8. The van der Waals surface area contributed by atoms with Crippen LogP contribution in [0.25, 0.3) is 11.1 Å². The summed E-state index contributed by atoms with van der Waals surface area (Å²) in [6.07, 6.45) is 9.90. The van der Waals surface area contributed by atoms with Crippen molar-refractivity contribution in [1.82, 2.24) is 14.7 Å². The molecule has 3 heterocycles. The van der Waals surface area contributed by atoms with Crippen LogP contribution < -0.4 is 0 Å². The van der Waals surface area contributed by atoms with Gasteiger partial charge in [-0.25, -0.2) is 0 Å². The topological polar surface area (TPSA) is 50.5 Å². The predicted octanol–water partition coefficient (Wildman–Crippen LogP) is 4.29. The van der Waals surface area contributed by atoms with Gasteiger partial charge >= 0.3 is 0 Å². The van der Waals surface area contributed by atoms with Crippen molar-refractivity contribution in [1.29, 1.82) is 0 Å². The molecule has 6 rings (SSSR count). The number of piperidine rings is 1. The number of rotatable bonds is 2. The van der Waals surface area contributed by atoms with Crippen LogP contribution in [0.15, 0.2) is 53.8 Å². The number of benzene rings is 2. The Morgan fingerprint density at radius 3 is 2.87 bits per heavy atom. The molecule has 0 spiro atoms. The van der Waals surface area contributed by atoms with E-state index in [9.17, 15) is 4.79 Å². The van der Waals surface area contributed by atoms with E-state index in [1.165, 1.54) is 22.3 Å². The van der Waals surface area contributed by atoms with Crippen molar-refractivity contribution in [2.24, 2.45) is 12.0 Å². The van der Waals surface area contributed by atoms with Crippen LogP contribution in [0.2, 0.25) is 0 Å². The average molecular weight is 396 g/mol. The number of hydrogen-bond donors (Lipinski definition) is 0. The molecule has 150 valence electrons. The summed E-state index contributed by atoms with van der Waals surface area (Å²) in [6.45, 7) is 0.837. The van der Waals surface area contributed by atoms with E-state index in [-0.39, 0.29) is 11.9 Å². The van der Waals surface area contributed by atoms with Crippen LogP contribution in [0.4, 0.5) is 5.69 Å². The van der Waals surface area contributed by atoms with E-state index >= 15 is 0 Å². The van der Waals surface area contributed by atoms with Gasteiger partial charge in [-0.2, -0.15) is 5.10 Å². The van der Waals surface area contributed by atoms with Gasteiger partial charge in [-0.15, -0.1) is 0 Å². The zero-order chi connectivity index (χ0) is 20.2. The fraction of sp³-hybridized carbons (Fsp3) is 0.320. The molecule has 30 heavy (non-hydrogen) atoms. The zero-order valence-corrected chi connectivity index (χ0v) is 17.1. The first kappa shape index (κ1) is 17.6. The van der Waals surface area contributed by atoms with Crippen LogP contribution in [-0.4, -0.2) is 39.4 Å². The summed E-state index contributed by atoms with van der Waals surface area (Å²) in [5, 5.41) is 4.32. The fourth-order valence-corrected chi connectivity index (χ4v) is 5.42. The Kier molecular flexibility index (Phi) is 3.91. The number of hydrogen-bond acceptors (Lipinski definition) is 3. The van der Waals surface area contributed by atoms with Gasteiger partial charge in [0.2, 0.25) is 0 Å². The van der Waals surface area contributed by atoms with Gasteiger partial charge in [0.05, 0.1) is 11.9 Å². The van der Waals surface area contributed by atoms with Gasteiger partial charge in [-0.1, -0.05) is 24.3 Å². The Hall–Kier alpha value is -3.21. The highest BCUT2D eigenvalue weighted by Gasteiger charge is 2.41. The highest BCUT2D eigenvalue weighted by Crippen LogP contribution is 2.44. The van der Waals surface area contributed by atoms with Gasteiger partial charge in [0, 0.05) is 55.5 Å². The largest absolute Gasteiger partial charge is 0.335 e. The standard InChI is InChI=1S/C25H24N4O/c1-28-15-20(14-27-28)17-5-6-18-13-24-21(22(18)11-17)3-2-10-29(24)25(30)19-7-4-16-8-9-26-23(16)12-19/h4-7,9,11-12,14-15,21,24H,2-3,8,10,13H2,1H3/t21-,24+/m1/s1. The number of aromatic nitrogens is 2. The number of aliphatic imine (C=N–C) groups is 1. The second-order valence-electron chi connectivity index (χ2n) is 8.69. The number of aryl methyl sites for hydroxylation is 1. The van der Waals surface area contributed by atoms with Crippen LogP contribution in [0, 0.1) is 0 Å². The third kappa shape index (κ3) is 2.72. The van der Waals surface area contributed by atoms with E-state index in [2.05, 4.69) is 45.5 Å².